The van der Waals surface area contributed by atoms with Crippen molar-refractivity contribution in [2.24, 2.45) is 5.10 Å². The maximum atomic E-state index is 11.7. The Labute approximate surface area is 151 Å². The van der Waals surface area contributed by atoms with Crippen molar-refractivity contribution in [2.45, 2.75) is 6.92 Å². The van der Waals surface area contributed by atoms with Gasteiger partial charge in [0.25, 0.3) is 5.91 Å². The number of aromatic hydroxyl groups is 1. The van der Waals surface area contributed by atoms with E-state index in [2.05, 4.69) is 26.5 Å². The first-order chi connectivity index (χ1) is 11.9. The molecule has 2 aromatic rings. The summed E-state index contributed by atoms with van der Waals surface area (Å²) in [5.74, 6) is -0.372. The number of halogens is 1. The van der Waals surface area contributed by atoms with Crippen molar-refractivity contribution in [3.63, 3.8) is 0 Å². The van der Waals surface area contributed by atoms with Crippen LogP contribution in [0.2, 0.25) is 0 Å². The largest absolute Gasteiger partial charge is 0.502 e. The number of carbonyl (C=O) groups excluding carboxylic acids is 1. The number of nitro benzene ring substituents is 1. The number of aryl methyl sites for hydroxylation is 1. The lowest BCUT2D eigenvalue weighted by atomic mass is 10.2. The molecule has 0 saturated heterocycles. The summed E-state index contributed by atoms with van der Waals surface area (Å²) in [5, 5.41) is 23.8. The highest BCUT2D eigenvalue weighted by Crippen LogP contribution is 2.25. The molecule has 9 heteroatoms. The van der Waals surface area contributed by atoms with E-state index in [-0.39, 0.29) is 6.61 Å². The lowest BCUT2D eigenvalue weighted by Gasteiger charge is -2.06. The normalized spacial score (nSPS) is 10.6. The van der Waals surface area contributed by atoms with Gasteiger partial charge >= 0.3 is 5.69 Å². The highest BCUT2D eigenvalue weighted by atomic mass is 79.9. The highest BCUT2D eigenvalue weighted by molar-refractivity contribution is 9.10. The van der Waals surface area contributed by atoms with Crippen LogP contribution in [-0.2, 0) is 4.79 Å². The number of nitrogens with one attached hydrogen (secondary N) is 1. The summed E-state index contributed by atoms with van der Waals surface area (Å²) >= 11 is 3.37. The predicted octanol–water partition coefficient (Wildman–Crippen LogP) is 2.90. The maximum absolute atomic E-state index is 11.7. The van der Waals surface area contributed by atoms with Gasteiger partial charge in [-0.25, -0.2) is 5.43 Å². The summed E-state index contributed by atoms with van der Waals surface area (Å²) in [6.07, 6.45) is 1.23. The van der Waals surface area contributed by atoms with Gasteiger partial charge < -0.3 is 9.84 Å². The first kappa shape index (κ1) is 18.4. The highest BCUT2D eigenvalue weighted by Gasteiger charge is 2.12. The molecule has 0 aliphatic rings. The summed E-state index contributed by atoms with van der Waals surface area (Å²) in [4.78, 5) is 21.7. The standard InChI is InChI=1S/C16H14BrN3O5/c1-10-6-12(3-4-13(10)17)25-9-16(22)19-18-8-11-2-5-15(21)14(7-11)20(23)24/h2-8,21H,9H2,1H3,(H,19,22)/b18-8+. The second kappa shape index (κ2) is 8.25. The van der Waals surface area contributed by atoms with Gasteiger partial charge in [0.2, 0.25) is 0 Å². The molecular formula is C16H14BrN3O5. The number of hydrogen-bond acceptors (Lipinski definition) is 6. The molecule has 0 radical (unpaired) electrons. The van der Waals surface area contributed by atoms with Gasteiger partial charge in [-0.05, 0) is 42.8 Å². The lowest BCUT2D eigenvalue weighted by Crippen LogP contribution is -2.24. The SMILES string of the molecule is Cc1cc(OCC(=O)N/N=C/c2ccc(O)c([N+](=O)[O-])c2)ccc1Br. The Morgan fingerprint density at radius 2 is 2.16 bits per heavy atom. The van der Waals surface area contributed by atoms with Crippen LogP contribution in [0.5, 0.6) is 11.5 Å². The van der Waals surface area contributed by atoms with Crippen LogP contribution < -0.4 is 10.2 Å². The van der Waals surface area contributed by atoms with E-state index in [1.807, 2.05) is 13.0 Å². The molecule has 0 unspecified atom stereocenters. The van der Waals surface area contributed by atoms with Crippen LogP contribution in [0.4, 0.5) is 5.69 Å². The fourth-order valence-electron chi connectivity index (χ4n) is 1.83. The zero-order chi connectivity index (χ0) is 18.4. The van der Waals surface area contributed by atoms with Crippen molar-refractivity contribution in [3.05, 3.63) is 62.1 Å². The number of phenols is 1. The van der Waals surface area contributed by atoms with Crippen molar-refractivity contribution < 1.29 is 19.6 Å². The number of rotatable bonds is 6. The van der Waals surface area contributed by atoms with Crippen molar-refractivity contribution in [1.82, 2.24) is 5.43 Å². The molecule has 130 valence electrons. The predicted molar refractivity (Wildman–Crippen MR) is 94.9 cm³/mol. The molecule has 0 heterocycles. The summed E-state index contributed by atoms with van der Waals surface area (Å²) < 4.78 is 6.29. The summed E-state index contributed by atoms with van der Waals surface area (Å²) in [6, 6.07) is 9.09. The van der Waals surface area contributed by atoms with Crippen LogP contribution in [-0.4, -0.2) is 28.8 Å². The zero-order valence-electron chi connectivity index (χ0n) is 13.1. The minimum atomic E-state index is -0.709. The van der Waals surface area contributed by atoms with E-state index in [0.717, 1.165) is 16.1 Å². The number of nitro groups is 1. The van der Waals surface area contributed by atoms with E-state index in [9.17, 15) is 20.0 Å². The van der Waals surface area contributed by atoms with Crippen LogP contribution in [0.25, 0.3) is 0 Å². The third-order valence-corrected chi connectivity index (χ3v) is 3.99. The van der Waals surface area contributed by atoms with Gasteiger partial charge in [-0.1, -0.05) is 15.9 Å². The quantitative estimate of drug-likeness (QED) is 0.434. The Morgan fingerprint density at radius 3 is 2.84 bits per heavy atom. The van der Waals surface area contributed by atoms with E-state index in [1.54, 1.807) is 12.1 Å². The molecule has 0 atom stereocenters. The van der Waals surface area contributed by atoms with E-state index in [4.69, 9.17) is 4.74 Å². The molecule has 25 heavy (non-hydrogen) atoms. The number of phenolic OH excluding ortho intramolecular Hbond substituents is 1. The number of amides is 1. The Balaban J connectivity index is 1.89. The first-order valence-electron chi connectivity index (χ1n) is 7.05. The van der Waals surface area contributed by atoms with Crippen LogP contribution in [0.15, 0.2) is 46.0 Å². The third kappa shape index (κ3) is 5.28. The molecule has 0 saturated carbocycles. The average Bonchev–Trinajstić information content (AvgIpc) is 2.57. The number of carbonyl (C=O) groups is 1. The molecule has 2 rings (SSSR count). The van der Waals surface area contributed by atoms with Crippen molar-refractivity contribution in [2.75, 3.05) is 6.61 Å². The summed E-state index contributed by atoms with van der Waals surface area (Å²) in [7, 11) is 0. The Hall–Kier alpha value is -2.94. The smallest absolute Gasteiger partial charge is 0.311 e. The number of hydrogen-bond donors (Lipinski definition) is 2. The fraction of sp³-hybridized carbons (Fsp3) is 0.125. The topological polar surface area (TPSA) is 114 Å². The average molecular weight is 408 g/mol. The second-order valence-corrected chi connectivity index (χ2v) is 5.85. The van der Waals surface area contributed by atoms with Crippen LogP contribution >= 0.6 is 15.9 Å². The molecule has 8 nitrogen and oxygen atoms in total. The molecular weight excluding hydrogens is 394 g/mol. The van der Waals surface area contributed by atoms with Crippen LogP contribution in [0, 0.1) is 17.0 Å². The molecule has 1 amide bonds. The lowest BCUT2D eigenvalue weighted by molar-refractivity contribution is -0.385. The summed E-state index contributed by atoms with van der Waals surface area (Å²) in [6.45, 7) is 1.67. The van der Waals surface area contributed by atoms with Crippen molar-refractivity contribution >= 4 is 33.7 Å². The third-order valence-electron chi connectivity index (χ3n) is 3.10. The summed E-state index contributed by atoms with van der Waals surface area (Å²) in [5.41, 5.74) is 3.15. The minimum absolute atomic E-state index is 0.228. The van der Waals surface area contributed by atoms with Crippen molar-refractivity contribution in [3.8, 4) is 11.5 Å². The Bertz CT molecular complexity index is 839. The zero-order valence-corrected chi connectivity index (χ0v) is 14.7. The monoisotopic (exact) mass is 407 g/mol. The van der Waals surface area contributed by atoms with Gasteiger partial charge in [0.15, 0.2) is 12.4 Å². The molecule has 0 aliphatic heterocycles. The van der Waals surface area contributed by atoms with Gasteiger partial charge in [-0.3, -0.25) is 14.9 Å². The van der Waals surface area contributed by atoms with Gasteiger partial charge in [0.05, 0.1) is 11.1 Å². The Kier molecular flexibility index (Phi) is 6.07. The van der Waals surface area contributed by atoms with Crippen molar-refractivity contribution in [1.29, 1.82) is 0 Å². The van der Waals surface area contributed by atoms with E-state index < -0.39 is 22.3 Å². The fourth-order valence-corrected chi connectivity index (χ4v) is 2.08. The molecule has 0 bridgehead atoms. The number of benzene rings is 2. The molecule has 0 fully saturated rings. The minimum Gasteiger partial charge on any atom is -0.502 e. The molecule has 2 N–H and O–H groups in total. The molecule has 2 aromatic carbocycles. The van der Waals surface area contributed by atoms with E-state index >= 15 is 0 Å². The molecule has 0 spiro atoms. The molecule has 0 aromatic heterocycles. The van der Waals surface area contributed by atoms with Crippen LogP contribution in [0.3, 0.4) is 0 Å². The van der Waals surface area contributed by atoms with Gasteiger partial charge in [-0.15, -0.1) is 0 Å². The van der Waals surface area contributed by atoms with Crippen LogP contribution in [0.1, 0.15) is 11.1 Å². The van der Waals surface area contributed by atoms with Gasteiger partial charge in [0, 0.05) is 16.1 Å². The van der Waals surface area contributed by atoms with E-state index in [0.29, 0.717) is 11.3 Å². The number of ether oxygens (including phenoxy) is 1. The van der Waals surface area contributed by atoms with Gasteiger partial charge in [0.1, 0.15) is 5.75 Å². The van der Waals surface area contributed by atoms with E-state index in [1.165, 1.54) is 18.3 Å². The maximum Gasteiger partial charge on any atom is 0.311 e. The number of hydrazone groups is 1. The second-order valence-electron chi connectivity index (χ2n) is 5.00. The van der Waals surface area contributed by atoms with Gasteiger partial charge in [-0.2, -0.15) is 5.10 Å². The number of nitrogens with zero attached hydrogens (tertiary/aromatic N) is 2. The Morgan fingerprint density at radius 1 is 1.40 bits per heavy atom. The molecule has 0 aliphatic carbocycles. The first-order valence-corrected chi connectivity index (χ1v) is 7.84.